The summed E-state index contributed by atoms with van der Waals surface area (Å²) in [6, 6.07) is 0. The number of nitrogens with one attached hydrogen (secondary N) is 1. The van der Waals surface area contributed by atoms with Crippen LogP contribution in [0.4, 0.5) is 5.82 Å². The van der Waals surface area contributed by atoms with E-state index in [0.717, 1.165) is 6.54 Å². The number of hydrogen-bond acceptors (Lipinski definition) is 5. The fourth-order valence-corrected chi connectivity index (χ4v) is 2.28. The molecule has 0 bridgehead atoms. The normalized spacial score (nSPS) is 21.1. The van der Waals surface area contributed by atoms with Crippen molar-refractivity contribution in [3.8, 4) is 0 Å². The zero-order valence-corrected chi connectivity index (χ0v) is 10.8. The van der Waals surface area contributed by atoms with E-state index < -0.39 is 0 Å². The fourth-order valence-electron chi connectivity index (χ4n) is 1.65. The van der Waals surface area contributed by atoms with E-state index in [1.165, 1.54) is 6.33 Å². The molecule has 2 heterocycles. The highest BCUT2D eigenvalue weighted by Crippen LogP contribution is 2.18. The van der Waals surface area contributed by atoms with Crippen molar-refractivity contribution in [3.63, 3.8) is 0 Å². The first-order valence-electron chi connectivity index (χ1n) is 5.02. The van der Waals surface area contributed by atoms with Crippen LogP contribution in [0.5, 0.6) is 0 Å². The molecule has 1 saturated heterocycles. The van der Waals surface area contributed by atoms with Gasteiger partial charge in [0, 0.05) is 19.6 Å². The van der Waals surface area contributed by atoms with E-state index in [0.29, 0.717) is 29.1 Å². The van der Waals surface area contributed by atoms with Gasteiger partial charge in [0.2, 0.25) is 0 Å². The second-order valence-corrected chi connectivity index (χ2v) is 4.62. The monoisotopic (exact) mass is 336 g/mol. The Bertz CT molecular complexity index is 422. The highest BCUT2D eigenvalue weighted by atomic mass is 127. The Labute approximate surface area is 106 Å². The van der Waals surface area contributed by atoms with Crippen molar-refractivity contribution in [2.75, 3.05) is 31.1 Å². The summed E-state index contributed by atoms with van der Waals surface area (Å²) in [4.78, 5) is 20.2. The lowest BCUT2D eigenvalue weighted by atomic mass is 10.2. The van der Waals surface area contributed by atoms with Crippen LogP contribution in [0.15, 0.2) is 11.1 Å². The molecule has 1 fully saturated rings. The Hall–Kier alpha value is -0.670. The number of anilines is 1. The van der Waals surface area contributed by atoms with E-state index >= 15 is 0 Å². The molecular formula is C9H13IN4O2. The van der Waals surface area contributed by atoms with E-state index in [2.05, 4.69) is 9.97 Å². The van der Waals surface area contributed by atoms with Crippen molar-refractivity contribution in [1.82, 2.24) is 9.97 Å². The minimum Gasteiger partial charge on any atom is -0.373 e. The smallest absolute Gasteiger partial charge is 0.266 e. The lowest BCUT2D eigenvalue weighted by molar-refractivity contribution is 0.0462. The number of hydrogen-bond donors (Lipinski definition) is 2. The van der Waals surface area contributed by atoms with Crippen LogP contribution in [0.3, 0.4) is 0 Å². The van der Waals surface area contributed by atoms with Gasteiger partial charge >= 0.3 is 0 Å². The predicted octanol–water partition coefficient (Wildman–Crippen LogP) is -0.462. The standard InChI is InChI=1S/C9H13IN4O2/c10-7-8(12-5-13-9(7)15)14-1-2-16-6(3-11)4-14/h5-6H,1-4,11H2,(H,12,13,15). The zero-order valence-electron chi connectivity index (χ0n) is 8.65. The van der Waals surface area contributed by atoms with E-state index in [1.54, 1.807) is 0 Å². The highest BCUT2D eigenvalue weighted by Gasteiger charge is 2.22. The van der Waals surface area contributed by atoms with Crippen LogP contribution in [0, 0.1) is 3.57 Å². The lowest BCUT2D eigenvalue weighted by Gasteiger charge is -2.33. The second-order valence-electron chi connectivity index (χ2n) is 3.54. The molecule has 16 heavy (non-hydrogen) atoms. The summed E-state index contributed by atoms with van der Waals surface area (Å²) in [5.41, 5.74) is 5.46. The van der Waals surface area contributed by atoms with Crippen molar-refractivity contribution in [3.05, 3.63) is 20.3 Å². The molecule has 2 rings (SSSR count). The van der Waals surface area contributed by atoms with Crippen molar-refractivity contribution >= 4 is 28.4 Å². The first-order valence-corrected chi connectivity index (χ1v) is 6.10. The first kappa shape index (κ1) is 11.8. The number of H-pyrrole nitrogens is 1. The van der Waals surface area contributed by atoms with Crippen LogP contribution < -0.4 is 16.2 Å². The largest absolute Gasteiger partial charge is 0.373 e. The number of halogens is 1. The van der Waals surface area contributed by atoms with Gasteiger partial charge in [-0.25, -0.2) is 4.98 Å². The van der Waals surface area contributed by atoms with E-state index in [9.17, 15) is 4.79 Å². The van der Waals surface area contributed by atoms with E-state index in [4.69, 9.17) is 10.5 Å². The molecule has 0 aliphatic carbocycles. The molecule has 3 N–H and O–H groups in total. The summed E-state index contributed by atoms with van der Waals surface area (Å²) in [5, 5.41) is 0. The fraction of sp³-hybridized carbons (Fsp3) is 0.556. The topological polar surface area (TPSA) is 84.2 Å². The van der Waals surface area contributed by atoms with Crippen LogP contribution in [-0.4, -0.2) is 42.3 Å². The van der Waals surface area contributed by atoms with Gasteiger partial charge in [-0.2, -0.15) is 0 Å². The summed E-state index contributed by atoms with van der Waals surface area (Å²) in [6.45, 7) is 2.52. The molecule has 0 spiro atoms. The average Bonchev–Trinajstić information content (AvgIpc) is 2.33. The third-order valence-corrected chi connectivity index (χ3v) is 3.45. The van der Waals surface area contributed by atoms with Crippen molar-refractivity contribution in [2.24, 2.45) is 5.73 Å². The Balaban J connectivity index is 2.23. The maximum atomic E-state index is 11.4. The van der Waals surface area contributed by atoms with Crippen LogP contribution in [-0.2, 0) is 4.74 Å². The third kappa shape index (κ3) is 2.36. The van der Waals surface area contributed by atoms with Crippen molar-refractivity contribution in [1.29, 1.82) is 0 Å². The molecule has 0 aromatic carbocycles. The Morgan fingerprint density at radius 1 is 1.75 bits per heavy atom. The van der Waals surface area contributed by atoms with E-state index in [1.807, 2.05) is 27.5 Å². The molecule has 1 atom stereocenters. The Morgan fingerprint density at radius 3 is 3.31 bits per heavy atom. The van der Waals surface area contributed by atoms with Crippen molar-refractivity contribution < 1.29 is 4.74 Å². The van der Waals surface area contributed by atoms with Gasteiger partial charge < -0.3 is 20.4 Å². The first-order chi connectivity index (χ1) is 7.72. The number of nitrogens with zero attached hydrogens (tertiary/aromatic N) is 2. The van der Waals surface area contributed by atoms with Gasteiger partial charge in [-0.15, -0.1) is 0 Å². The number of rotatable bonds is 2. The van der Waals surface area contributed by atoms with Gasteiger partial charge in [0.25, 0.3) is 5.56 Å². The third-order valence-electron chi connectivity index (χ3n) is 2.48. The predicted molar refractivity (Wildman–Crippen MR) is 68.6 cm³/mol. The molecule has 1 unspecified atom stereocenters. The summed E-state index contributed by atoms with van der Waals surface area (Å²) in [5.74, 6) is 0.714. The molecule has 0 radical (unpaired) electrons. The lowest BCUT2D eigenvalue weighted by Crippen LogP contribution is -2.46. The number of aromatic amines is 1. The summed E-state index contributed by atoms with van der Waals surface area (Å²) < 4.78 is 6.08. The molecule has 0 amide bonds. The maximum Gasteiger partial charge on any atom is 0.266 e. The SMILES string of the molecule is NCC1CN(c2nc[nH]c(=O)c2I)CCO1. The number of ether oxygens (including phenoxy) is 1. The van der Waals surface area contributed by atoms with Gasteiger partial charge in [0.1, 0.15) is 9.39 Å². The van der Waals surface area contributed by atoms with Crippen LogP contribution in [0.25, 0.3) is 0 Å². The highest BCUT2D eigenvalue weighted by molar-refractivity contribution is 14.1. The quantitative estimate of drug-likeness (QED) is 0.714. The van der Waals surface area contributed by atoms with Gasteiger partial charge in [-0.1, -0.05) is 0 Å². The Kier molecular flexibility index (Phi) is 3.77. The number of nitrogens with two attached hydrogens (primary N) is 1. The Morgan fingerprint density at radius 2 is 2.56 bits per heavy atom. The van der Waals surface area contributed by atoms with Crippen LogP contribution >= 0.6 is 22.6 Å². The summed E-state index contributed by atoms with van der Waals surface area (Å²) >= 11 is 2.01. The molecular weight excluding hydrogens is 323 g/mol. The van der Waals surface area contributed by atoms with Crippen LogP contribution in [0.1, 0.15) is 0 Å². The summed E-state index contributed by atoms with van der Waals surface area (Å²) in [7, 11) is 0. The molecule has 1 aliphatic rings. The molecule has 6 nitrogen and oxygen atoms in total. The molecule has 1 aromatic rings. The minimum absolute atomic E-state index is 0.0191. The van der Waals surface area contributed by atoms with Gasteiger partial charge in [-0.05, 0) is 22.6 Å². The van der Waals surface area contributed by atoms with Gasteiger partial charge in [-0.3, -0.25) is 4.79 Å². The van der Waals surface area contributed by atoms with Crippen molar-refractivity contribution in [2.45, 2.75) is 6.10 Å². The molecule has 1 aliphatic heterocycles. The van der Waals surface area contributed by atoms with Gasteiger partial charge in [0.15, 0.2) is 0 Å². The average molecular weight is 336 g/mol. The maximum absolute atomic E-state index is 11.4. The molecule has 1 aromatic heterocycles. The van der Waals surface area contributed by atoms with Crippen LogP contribution in [0.2, 0.25) is 0 Å². The van der Waals surface area contributed by atoms with E-state index in [-0.39, 0.29) is 11.7 Å². The second kappa shape index (κ2) is 5.11. The molecule has 7 heteroatoms. The molecule has 0 saturated carbocycles. The summed E-state index contributed by atoms with van der Waals surface area (Å²) in [6.07, 6.45) is 1.44. The minimum atomic E-state index is -0.110. The zero-order chi connectivity index (χ0) is 11.5. The molecule has 88 valence electrons. The van der Waals surface area contributed by atoms with Gasteiger partial charge in [0.05, 0.1) is 19.0 Å². The number of aromatic nitrogens is 2. The number of morpholine rings is 1.